The average molecular weight is 130 g/mol. The van der Waals surface area contributed by atoms with Crippen LogP contribution in [-0.4, -0.2) is 28.8 Å². The quantitative estimate of drug-likeness (QED) is 0.408. The van der Waals surface area contributed by atoms with Crippen LogP contribution in [0.5, 0.6) is 0 Å². The van der Waals surface area contributed by atoms with E-state index in [1.165, 1.54) is 0 Å². The maximum absolute atomic E-state index is 9.82. The van der Waals surface area contributed by atoms with E-state index in [9.17, 15) is 4.79 Å². The van der Waals surface area contributed by atoms with Gasteiger partial charge in [0.25, 0.3) is 0 Å². The highest BCUT2D eigenvalue weighted by Gasteiger charge is 2.10. The van der Waals surface area contributed by atoms with E-state index in [0.29, 0.717) is 0 Å². The van der Waals surface area contributed by atoms with Crippen molar-refractivity contribution < 1.29 is 15.0 Å². The van der Waals surface area contributed by atoms with Crippen molar-refractivity contribution in [3.63, 3.8) is 0 Å². The van der Waals surface area contributed by atoms with Crippen LogP contribution in [0.3, 0.4) is 0 Å². The predicted octanol–water partition coefficient (Wildman–Crippen LogP) is -0.259. The molecule has 0 amide bonds. The molecule has 0 heterocycles. The van der Waals surface area contributed by atoms with Gasteiger partial charge in [-0.25, -0.2) is 6.57 Å². The molecule has 0 unspecified atom stereocenters. The Morgan fingerprint density at radius 3 is 2.67 bits per heavy atom. The summed E-state index contributed by atoms with van der Waals surface area (Å²) in [6.45, 7) is 6.12. The Kier molecular flexibility index (Phi) is 3.40. The summed E-state index contributed by atoms with van der Waals surface area (Å²) >= 11 is 0. The highest BCUT2D eigenvalue weighted by molar-refractivity contribution is 5.67. The normalized spacial score (nSPS) is 12.0. The molecule has 0 aliphatic carbocycles. The largest absolute Gasteiger partial charge is 0.481 e. The molecule has 2 N–H and O–H groups in total. The first-order valence-corrected chi connectivity index (χ1v) is 2.40. The van der Waals surface area contributed by atoms with Crippen molar-refractivity contribution in [2.45, 2.75) is 12.5 Å². The minimum atomic E-state index is -1.08. The molecule has 9 heavy (non-hydrogen) atoms. The molecule has 0 saturated carbocycles. The third-order valence-electron chi connectivity index (χ3n) is 0.712. The summed E-state index contributed by atoms with van der Waals surface area (Å²) < 4.78 is 0. The van der Waals surface area contributed by atoms with Crippen LogP contribution in [0.4, 0.5) is 0 Å². The minimum Gasteiger partial charge on any atom is -0.481 e. The Labute approximate surface area is 52.6 Å². The standard InChI is InChI=1S/C5H7NO3/c1-6-3-4(7)2-5(8)9/h4,7H,2-3H2,(H,8,9)/t4-/m0/s1/i6+1. The van der Waals surface area contributed by atoms with Crippen LogP contribution in [-0.2, 0) is 4.79 Å². The van der Waals surface area contributed by atoms with Crippen LogP contribution in [0.15, 0.2) is 0 Å². The van der Waals surface area contributed by atoms with Crippen LogP contribution in [0.1, 0.15) is 6.42 Å². The van der Waals surface area contributed by atoms with Gasteiger partial charge in [0.2, 0.25) is 6.54 Å². The number of hydrogen-bond donors (Lipinski definition) is 2. The van der Waals surface area contributed by atoms with Gasteiger partial charge in [-0.3, -0.25) is 4.79 Å². The molecule has 0 aromatic carbocycles. The molecule has 0 aliphatic heterocycles. The topological polar surface area (TPSA) is 61.9 Å². The zero-order valence-corrected chi connectivity index (χ0v) is 4.74. The van der Waals surface area contributed by atoms with Crippen molar-refractivity contribution in [1.82, 2.24) is 0 Å². The molecular weight excluding hydrogens is 123 g/mol. The van der Waals surface area contributed by atoms with Crippen LogP contribution >= 0.6 is 0 Å². The van der Waals surface area contributed by atoms with Crippen molar-refractivity contribution >= 4 is 5.97 Å². The molecule has 0 radical (unpaired) electrons. The van der Waals surface area contributed by atoms with Gasteiger partial charge in [-0.2, -0.15) is 0 Å². The minimum absolute atomic E-state index is 0.133. The van der Waals surface area contributed by atoms with E-state index in [1.807, 2.05) is 0 Å². The van der Waals surface area contributed by atoms with Gasteiger partial charge in [0.1, 0.15) is 6.10 Å². The molecule has 50 valence electrons. The lowest BCUT2D eigenvalue weighted by molar-refractivity contribution is -0.138. The number of nitrogens with zero attached hydrogens (tertiary/aromatic N) is 1. The lowest BCUT2D eigenvalue weighted by Crippen LogP contribution is -2.14. The zero-order valence-electron chi connectivity index (χ0n) is 4.74. The first kappa shape index (κ1) is 7.92. The zero-order chi connectivity index (χ0) is 7.28. The van der Waals surface area contributed by atoms with E-state index in [0.717, 1.165) is 0 Å². The highest BCUT2D eigenvalue weighted by atomic mass is 16.4. The number of carbonyl (C=O) groups is 1. The van der Waals surface area contributed by atoms with Gasteiger partial charge in [-0.05, 0) is 0 Å². The number of aliphatic hydroxyl groups excluding tert-OH is 1. The molecule has 0 spiro atoms. The van der Waals surface area contributed by atoms with Crippen LogP contribution in [0.2, 0.25) is 0 Å². The number of rotatable bonds is 3. The number of carboxylic acids is 1. The summed E-state index contributed by atoms with van der Waals surface area (Å²) in [6.07, 6.45) is -1.36. The Hall–Kier alpha value is -1.08. The smallest absolute Gasteiger partial charge is 0.306 e. The third-order valence-corrected chi connectivity index (χ3v) is 0.712. The molecule has 0 aromatic rings. The fourth-order valence-corrected chi connectivity index (χ4v) is 0.371. The average Bonchev–Trinajstić information content (AvgIpc) is 1.63. The second-order valence-corrected chi connectivity index (χ2v) is 1.59. The first-order valence-electron chi connectivity index (χ1n) is 2.40. The molecule has 0 aliphatic rings. The Morgan fingerprint density at radius 1 is 1.78 bits per heavy atom. The lowest BCUT2D eigenvalue weighted by atomic mass is 10.3. The first-order chi connectivity index (χ1) is 4.16. The van der Waals surface area contributed by atoms with Crippen LogP contribution in [0.25, 0.3) is 4.85 Å². The second kappa shape index (κ2) is 3.87. The molecule has 0 bridgehead atoms. The molecule has 0 fully saturated rings. The van der Waals surface area contributed by atoms with Gasteiger partial charge in [-0.15, -0.1) is 0 Å². The van der Waals surface area contributed by atoms with Crippen molar-refractivity contribution in [3.05, 3.63) is 11.4 Å². The fourth-order valence-electron chi connectivity index (χ4n) is 0.371. The van der Waals surface area contributed by atoms with E-state index in [2.05, 4.69) is 4.85 Å². The summed E-state index contributed by atoms with van der Waals surface area (Å²) in [5, 5.41) is 16.7. The molecule has 0 aromatic heterocycles. The van der Waals surface area contributed by atoms with Crippen LogP contribution in [0, 0.1) is 6.57 Å². The maximum atomic E-state index is 9.82. The summed E-state index contributed by atoms with van der Waals surface area (Å²) in [5.41, 5.74) is 0. The molecule has 4 nitrogen and oxygen atoms in total. The van der Waals surface area contributed by atoms with Gasteiger partial charge in [0.15, 0.2) is 0 Å². The lowest BCUT2D eigenvalue weighted by Gasteiger charge is -1.96. The fraction of sp³-hybridized carbons (Fsp3) is 0.600. The van der Waals surface area contributed by atoms with Gasteiger partial charge >= 0.3 is 5.97 Å². The SMILES string of the molecule is [C-]#[15N+]C[C@@H](O)CC(=O)O. The summed E-state index contributed by atoms with van der Waals surface area (Å²) in [7, 11) is 0. The van der Waals surface area contributed by atoms with E-state index in [4.69, 9.17) is 16.8 Å². The van der Waals surface area contributed by atoms with Gasteiger partial charge < -0.3 is 15.1 Å². The van der Waals surface area contributed by atoms with Crippen molar-refractivity contribution in [3.8, 4) is 0 Å². The summed E-state index contributed by atoms with van der Waals surface area (Å²) in [6, 6.07) is 0. The van der Waals surface area contributed by atoms with Crippen molar-refractivity contribution in [2.75, 3.05) is 6.54 Å². The molecular formula is C5H7NO3. The van der Waals surface area contributed by atoms with Gasteiger partial charge in [0, 0.05) is 0 Å². The number of hydrogen-bond acceptors (Lipinski definition) is 2. The maximum Gasteiger partial charge on any atom is 0.306 e. The van der Waals surface area contributed by atoms with E-state index >= 15 is 0 Å². The molecule has 0 saturated heterocycles. The third kappa shape index (κ3) is 4.78. The number of aliphatic carboxylic acids is 1. The van der Waals surface area contributed by atoms with Crippen molar-refractivity contribution in [1.29, 1.82) is 0 Å². The van der Waals surface area contributed by atoms with Crippen LogP contribution < -0.4 is 0 Å². The Balaban J connectivity index is 3.40. The van der Waals surface area contributed by atoms with Crippen molar-refractivity contribution in [2.24, 2.45) is 0 Å². The molecule has 1 atom stereocenters. The van der Waals surface area contributed by atoms with Gasteiger partial charge in [-0.1, -0.05) is 0 Å². The molecule has 4 heteroatoms. The number of aliphatic hydroxyl groups is 1. The van der Waals surface area contributed by atoms with E-state index in [-0.39, 0.29) is 13.0 Å². The summed E-state index contributed by atoms with van der Waals surface area (Å²) in [4.78, 5) is 12.6. The summed E-state index contributed by atoms with van der Waals surface area (Å²) in [5.74, 6) is -1.08. The number of carboxylic acid groups (broad SMARTS) is 1. The second-order valence-electron chi connectivity index (χ2n) is 1.59. The van der Waals surface area contributed by atoms with Gasteiger partial charge in [0.05, 0.1) is 6.42 Å². The Bertz CT molecular complexity index is 138. The monoisotopic (exact) mass is 130 g/mol. The Morgan fingerprint density at radius 2 is 2.33 bits per heavy atom. The van der Waals surface area contributed by atoms with E-state index < -0.39 is 12.1 Å². The van der Waals surface area contributed by atoms with E-state index in [1.54, 1.807) is 0 Å². The predicted molar refractivity (Wildman–Crippen MR) is 29.7 cm³/mol. The molecule has 0 rings (SSSR count). The highest BCUT2D eigenvalue weighted by Crippen LogP contribution is 1.90.